The van der Waals surface area contributed by atoms with E-state index < -0.39 is 23.8 Å². The predicted octanol–water partition coefficient (Wildman–Crippen LogP) is 4.35. The van der Waals surface area contributed by atoms with E-state index in [0.29, 0.717) is 29.9 Å². The Labute approximate surface area is 215 Å². The summed E-state index contributed by atoms with van der Waals surface area (Å²) in [7, 11) is 1.33. The molecule has 3 aromatic heterocycles. The van der Waals surface area contributed by atoms with E-state index in [1.807, 2.05) is 6.92 Å². The number of oxazole rings is 1. The number of rotatable bonds is 9. The van der Waals surface area contributed by atoms with Crippen LogP contribution in [0.25, 0.3) is 22.4 Å². The van der Waals surface area contributed by atoms with Gasteiger partial charge in [0.15, 0.2) is 11.5 Å². The van der Waals surface area contributed by atoms with Gasteiger partial charge >= 0.3 is 6.18 Å². The van der Waals surface area contributed by atoms with Gasteiger partial charge < -0.3 is 25.5 Å². The number of aromatic nitrogens is 4. The number of anilines is 1. The van der Waals surface area contributed by atoms with E-state index in [9.17, 15) is 18.0 Å². The first-order valence-corrected chi connectivity index (χ1v) is 11.8. The number of methoxy groups -OCH3 is 1. The van der Waals surface area contributed by atoms with Crippen LogP contribution in [-0.4, -0.2) is 45.5 Å². The zero-order chi connectivity index (χ0) is 27.4. The van der Waals surface area contributed by atoms with Gasteiger partial charge in [-0.15, -0.1) is 0 Å². The van der Waals surface area contributed by atoms with Crippen LogP contribution < -0.4 is 21.1 Å². The highest BCUT2D eigenvalue weighted by atomic mass is 19.4. The standard InChI is InChI=1S/C25H26F3N7O3/c1-4-14(12-32-24-30-10-5-11-31-24)33-22(36)20-21(13(2)29)38-23(35-20)16-6-8-17(37-3)19-15(16)7-9-18(34-19)25(26,27)28/h5-11,13-14H,4,12,29H2,1-3H3,(H,33,36)(H,30,31,32)/t13-,14-/m0/s1. The quantitative estimate of drug-likeness (QED) is 0.289. The molecule has 4 N–H and O–H groups in total. The topological polar surface area (TPSA) is 141 Å². The van der Waals surface area contributed by atoms with Crippen LogP contribution in [0.2, 0.25) is 0 Å². The molecule has 0 fully saturated rings. The molecule has 0 bridgehead atoms. The van der Waals surface area contributed by atoms with Crippen molar-refractivity contribution < 1.29 is 27.1 Å². The van der Waals surface area contributed by atoms with Gasteiger partial charge in [-0.25, -0.2) is 19.9 Å². The number of carbonyl (C=O) groups excluding carboxylic acids is 1. The molecule has 0 aliphatic carbocycles. The summed E-state index contributed by atoms with van der Waals surface area (Å²) in [5.41, 5.74) is 5.29. The number of carbonyl (C=O) groups is 1. The van der Waals surface area contributed by atoms with Crippen molar-refractivity contribution in [3.8, 4) is 17.2 Å². The molecule has 3 heterocycles. The van der Waals surface area contributed by atoms with Crippen molar-refractivity contribution in [1.29, 1.82) is 0 Å². The van der Waals surface area contributed by atoms with E-state index in [4.69, 9.17) is 14.9 Å². The fraction of sp³-hybridized carbons (Fsp3) is 0.320. The number of nitrogens with zero attached hydrogens (tertiary/aromatic N) is 4. The summed E-state index contributed by atoms with van der Waals surface area (Å²) in [6.07, 6.45) is -0.838. The van der Waals surface area contributed by atoms with Gasteiger partial charge in [-0.2, -0.15) is 13.2 Å². The molecule has 4 aromatic rings. The first-order chi connectivity index (χ1) is 18.1. The predicted molar refractivity (Wildman–Crippen MR) is 133 cm³/mol. The van der Waals surface area contributed by atoms with Crippen molar-refractivity contribution in [2.24, 2.45) is 5.73 Å². The second-order valence-corrected chi connectivity index (χ2v) is 8.46. The summed E-state index contributed by atoms with van der Waals surface area (Å²) < 4.78 is 51.0. The molecule has 0 saturated carbocycles. The van der Waals surface area contributed by atoms with Crippen molar-refractivity contribution in [2.75, 3.05) is 19.0 Å². The monoisotopic (exact) mass is 529 g/mol. The van der Waals surface area contributed by atoms with Gasteiger partial charge in [0.25, 0.3) is 5.91 Å². The zero-order valence-electron chi connectivity index (χ0n) is 20.8. The molecule has 0 radical (unpaired) electrons. The number of alkyl halides is 3. The molecular weight excluding hydrogens is 503 g/mol. The molecule has 1 aromatic carbocycles. The van der Waals surface area contributed by atoms with Crippen LogP contribution in [0.4, 0.5) is 19.1 Å². The molecule has 0 aliphatic heterocycles. The largest absolute Gasteiger partial charge is 0.494 e. The lowest BCUT2D eigenvalue weighted by Crippen LogP contribution is -2.40. The number of amides is 1. The average molecular weight is 530 g/mol. The van der Waals surface area contributed by atoms with Gasteiger partial charge in [0.1, 0.15) is 17.0 Å². The Morgan fingerprint density at radius 1 is 1.16 bits per heavy atom. The lowest BCUT2D eigenvalue weighted by atomic mass is 10.1. The molecule has 200 valence electrons. The smallest absolute Gasteiger partial charge is 0.433 e. The Morgan fingerprint density at radius 3 is 2.53 bits per heavy atom. The highest BCUT2D eigenvalue weighted by molar-refractivity contribution is 5.98. The number of nitrogens with two attached hydrogens (primary N) is 1. The van der Waals surface area contributed by atoms with E-state index in [1.165, 1.54) is 19.2 Å². The SMILES string of the molecule is CC[C@@H](CNc1ncccn1)NC(=O)c1nc(-c2ccc(OC)c3nc(C(F)(F)F)ccc23)oc1[C@H](C)N. The minimum atomic E-state index is -4.64. The third-order valence-electron chi connectivity index (χ3n) is 5.74. The Bertz CT molecular complexity index is 1430. The lowest BCUT2D eigenvalue weighted by molar-refractivity contribution is -0.140. The van der Waals surface area contributed by atoms with Gasteiger partial charge in [0, 0.05) is 35.9 Å². The van der Waals surface area contributed by atoms with Crippen molar-refractivity contribution >= 4 is 22.8 Å². The molecule has 38 heavy (non-hydrogen) atoms. The summed E-state index contributed by atoms with van der Waals surface area (Å²) >= 11 is 0. The maximum atomic E-state index is 13.3. The molecule has 4 rings (SSSR count). The third-order valence-corrected chi connectivity index (χ3v) is 5.74. The maximum Gasteiger partial charge on any atom is 0.433 e. The molecule has 0 aliphatic rings. The number of pyridine rings is 1. The van der Waals surface area contributed by atoms with E-state index in [2.05, 4.69) is 30.6 Å². The van der Waals surface area contributed by atoms with Gasteiger partial charge in [-0.3, -0.25) is 4.79 Å². The highest BCUT2D eigenvalue weighted by Crippen LogP contribution is 2.37. The fourth-order valence-corrected chi connectivity index (χ4v) is 3.78. The first-order valence-electron chi connectivity index (χ1n) is 11.8. The number of nitrogens with one attached hydrogen (secondary N) is 2. The minimum Gasteiger partial charge on any atom is -0.494 e. The normalized spacial score (nSPS) is 13.2. The molecule has 10 nitrogen and oxygen atoms in total. The van der Waals surface area contributed by atoms with Crippen molar-refractivity contribution in [3.05, 3.63) is 59.9 Å². The van der Waals surface area contributed by atoms with Crippen LogP contribution in [0.15, 0.2) is 47.1 Å². The van der Waals surface area contributed by atoms with Crippen molar-refractivity contribution in [3.63, 3.8) is 0 Å². The van der Waals surface area contributed by atoms with Crippen LogP contribution >= 0.6 is 0 Å². The lowest BCUT2D eigenvalue weighted by Gasteiger charge is -2.17. The molecule has 1 amide bonds. The Hall–Kier alpha value is -4.26. The van der Waals surface area contributed by atoms with E-state index in [-0.39, 0.29) is 34.7 Å². The molecule has 13 heteroatoms. The number of benzene rings is 1. The minimum absolute atomic E-state index is 0.0144. The molecular formula is C25H26F3N7O3. The number of ether oxygens (including phenoxy) is 1. The average Bonchev–Trinajstić information content (AvgIpc) is 3.36. The van der Waals surface area contributed by atoms with Crippen molar-refractivity contribution in [1.82, 2.24) is 25.3 Å². The number of hydrogen-bond donors (Lipinski definition) is 3. The van der Waals surface area contributed by atoms with Gasteiger partial charge in [-0.1, -0.05) is 6.92 Å². The first kappa shape index (κ1) is 26.8. The number of fused-ring (bicyclic) bond motifs is 1. The van der Waals surface area contributed by atoms with Gasteiger partial charge in [-0.05, 0) is 43.7 Å². The summed E-state index contributed by atoms with van der Waals surface area (Å²) in [4.78, 5) is 29.6. The number of hydrogen-bond acceptors (Lipinski definition) is 9. The maximum absolute atomic E-state index is 13.3. The fourth-order valence-electron chi connectivity index (χ4n) is 3.78. The van der Waals surface area contributed by atoms with Crippen LogP contribution in [-0.2, 0) is 6.18 Å². The molecule has 2 atom stereocenters. The van der Waals surface area contributed by atoms with Gasteiger partial charge in [0.05, 0.1) is 13.2 Å². The van der Waals surface area contributed by atoms with Crippen LogP contribution in [0.3, 0.4) is 0 Å². The van der Waals surface area contributed by atoms with Crippen LogP contribution in [0.5, 0.6) is 5.75 Å². The zero-order valence-corrected chi connectivity index (χ0v) is 20.8. The van der Waals surface area contributed by atoms with Crippen LogP contribution in [0.1, 0.15) is 48.3 Å². The highest BCUT2D eigenvalue weighted by Gasteiger charge is 2.33. The third kappa shape index (κ3) is 5.67. The second-order valence-electron chi connectivity index (χ2n) is 8.46. The summed E-state index contributed by atoms with van der Waals surface area (Å²) in [5, 5.41) is 6.27. The number of halogens is 3. The Balaban J connectivity index is 1.67. The van der Waals surface area contributed by atoms with Crippen LogP contribution in [0, 0.1) is 0 Å². The van der Waals surface area contributed by atoms with Crippen molar-refractivity contribution in [2.45, 2.75) is 38.5 Å². The summed E-state index contributed by atoms with van der Waals surface area (Å²) in [5.74, 6) is 0.211. The Kier molecular flexibility index (Phi) is 7.76. The summed E-state index contributed by atoms with van der Waals surface area (Å²) in [6.45, 7) is 3.90. The molecule has 0 spiro atoms. The van der Waals surface area contributed by atoms with E-state index in [0.717, 1.165) is 6.07 Å². The Morgan fingerprint density at radius 2 is 1.89 bits per heavy atom. The van der Waals surface area contributed by atoms with E-state index >= 15 is 0 Å². The van der Waals surface area contributed by atoms with Gasteiger partial charge in [0.2, 0.25) is 11.8 Å². The second kappa shape index (κ2) is 11.0. The van der Waals surface area contributed by atoms with E-state index in [1.54, 1.807) is 31.5 Å². The summed E-state index contributed by atoms with van der Waals surface area (Å²) in [6, 6.07) is 5.88. The molecule has 0 unspecified atom stereocenters. The molecule has 0 saturated heterocycles.